The van der Waals surface area contributed by atoms with Gasteiger partial charge < -0.3 is 19.8 Å². The predicted molar refractivity (Wildman–Crippen MR) is 107 cm³/mol. The molecule has 0 aliphatic heterocycles. The van der Waals surface area contributed by atoms with Crippen molar-refractivity contribution in [1.82, 2.24) is 20.2 Å². The molecule has 8 nitrogen and oxygen atoms in total. The summed E-state index contributed by atoms with van der Waals surface area (Å²) in [6.07, 6.45) is 2.38. The van der Waals surface area contributed by atoms with Crippen LogP contribution in [0.1, 0.15) is 32.5 Å². The first kappa shape index (κ1) is 20.1. The number of amides is 1. The average Bonchev–Trinajstić information content (AvgIpc) is 3.51. The highest BCUT2D eigenvalue weighted by Gasteiger charge is 2.29. The lowest BCUT2D eigenvalue weighted by Gasteiger charge is -2.21. The van der Waals surface area contributed by atoms with E-state index < -0.39 is 0 Å². The van der Waals surface area contributed by atoms with E-state index in [4.69, 9.17) is 9.47 Å². The fourth-order valence-corrected chi connectivity index (χ4v) is 3.30. The lowest BCUT2D eigenvalue weighted by molar-refractivity contribution is -0.123. The van der Waals surface area contributed by atoms with Crippen LogP contribution >= 0.6 is 0 Å². The van der Waals surface area contributed by atoms with Gasteiger partial charge in [0.1, 0.15) is 5.82 Å². The minimum Gasteiger partial charge on any atom is -0.493 e. The molecule has 2 aromatic rings. The van der Waals surface area contributed by atoms with Crippen LogP contribution in [0.2, 0.25) is 0 Å². The Hall–Kier alpha value is -2.61. The molecule has 2 N–H and O–H groups in total. The molecule has 152 valence electrons. The first-order chi connectivity index (χ1) is 13.4. The van der Waals surface area contributed by atoms with Crippen molar-refractivity contribution in [2.75, 3.05) is 27.3 Å². The molecular formula is C20H28N4O4. The number of rotatable bonds is 9. The molecule has 1 aromatic carbocycles. The Balaban J connectivity index is 1.76. The molecule has 0 bridgehead atoms. The number of carbonyl (C=O) groups excluding carboxylic acids is 1. The van der Waals surface area contributed by atoms with Crippen molar-refractivity contribution in [2.24, 2.45) is 5.92 Å². The largest absolute Gasteiger partial charge is 0.493 e. The van der Waals surface area contributed by atoms with Gasteiger partial charge in [-0.1, -0.05) is 6.92 Å². The maximum Gasteiger partial charge on any atom is 0.258 e. The Morgan fingerprint density at radius 2 is 2.00 bits per heavy atom. The predicted octanol–water partition coefficient (Wildman–Crippen LogP) is 1.68. The van der Waals surface area contributed by atoms with Gasteiger partial charge >= 0.3 is 0 Å². The number of carbonyl (C=O) groups is 1. The zero-order chi connectivity index (χ0) is 20.3. The Morgan fingerprint density at radius 3 is 2.61 bits per heavy atom. The zero-order valence-electron chi connectivity index (χ0n) is 16.9. The second kappa shape index (κ2) is 8.60. The monoisotopic (exact) mass is 388 g/mol. The van der Waals surface area contributed by atoms with Gasteiger partial charge in [0.05, 0.1) is 38.2 Å². The lowest BCUT2D eigenvalue weighted by atomic mass is 10.2. The highest BCUT2D eigenvalue weighted by molar-refractivity contribution is 5.82. The number of ether oxygens (including phenoxy) is 2. The fourth-order valence-electron chi connectivity index (χ4n) is 3.30. The summed E-state index contributed by atoms with van der Waals surface area (Å²) in [6.45, 7) is 5.34. The Bertz CT molecular complexity index is 907. The number of aromatic amines is 1. The van der Waals surface area contributed by atoms with E-state index >= 15 is 0 Å². The van der Waals surface area contributed by atoms with E-state index in [2.05, 4.69) is 22.2 Å². The molecule has 1 amide bonds. The van der Waals surface area contributed by atoms with Crippen LogP contribution in [-0.2, 0) is 11.3 Å². The number of likely N-dealkylation sites (N-methyl/N-ethyl adjacent to an activating group) is 1. The van der Waals surface area contributed by atoms with Crippen molar-refractivity contribution < 1.29 is 14.3 Å². The normalized spacial score (nSPS) is 14.9. The van der Waals surface area contributed by atoms with Gasteiger partial charge in [-0.15, -0.1) is 0 Å². The second-order valence-electron chi connectivity index (χ2n) is 7.23. The topological polar surface area (TPSA) is 96.6 Å². The maximum atomic E-state index is 12.5. The van der Waals surface area contributed by atoms with Gasteiger partial charge in [0.25, 0.3) is 5.56 Å². The molecule has 1 fully saturated rings. The van der Waals surface area contributed by atoms with Gasteiger partial charge in [0.15, 0.2) is 11.5 Å². The van der Waals surface area contributed by atoms with Gasteiger partial charge in [-0.2, -0.15) is 0 Å². The van der Waals surface area contributed by atoms with Crippen molar-refractivity contribution in [3.8, 4) is 11.5 Å². The van der Waals surface area contributed by atoms with Crippen molar-refractivity contribution in [2.45, 2.75) is 39.3 Å². The minimum atomic E-state index is -0.246. The van der Waals surface area contributed by atoms with Crippen LogP contribution in [0, 0.1) is 5.92 Å². The number of hydrogen-bond acceptors (Lipinski definition) is 6. The summed E-state index contributed by atoms with van der Waals surface area (Å²) in [7, 11) is 3.06. The van der Waals surface area contributed by atoms with Gasteiger partial charge in [-0.05, 0) is 38.3 Å². The van der Waals surface area contributed by atoms with E-state index in [9.17, 15) is 9.59 Å². The van der Waals surface area contributed by atoms with Crippen molar-refractivity contribution >= 4 is 16.8 Å². The number of aromatic nitrogens is 2. The van der Waals surface area contributed by atoms with Crippen LogP contribution in [-0.4, -0.2) is 54.1 Å². The first-order valence-electron chi connectivity index (χ1n) is 9.61. The number of nitrogens with one attached hydrogen (secondary N) is 2. The summed E-state index contributed by atoms with van der Waals surface area (Å²) in [5.74, 6) is 2.11. The minimum absolute atomic E-state index is 0.00390. The molecule has 1 aliphatic rings. The molecule has 8 heteroatoms. The molecule has 3 rings (SSSR count). The Kier molecular flexibility index (Phi) is 6.18. The third kappa shape index (κ3) is 4.62. The molecular weight excluding hydrogens is 360 g/mol. The van der Waals surface area contributed by atoms with Crippen LogP contribution in [0.5, 0.6) is 11.5 Å². The molecule has 1 saturated carbocycles. The molecule has 1 atom stereocenters. The van der Waals surface area contributed by atoms with Crippen molar-refractivity contribution in [1.29, 1.82) is 0 Å². The van der Waals surface area contributed by atoms with E-state index in [-0.39, 0.29) is 24.1 Å². The molecule has 1 heterocycles. The Morgan fingerprint density at radius 1 is 1.32 bits per heavy atom. The molecule has 0 radical (unpaired) electrons. The molecule has 0 saturated heterocycles. The SMILES string of the molecule is CCN(CC(=O)N[C@H](C)C1CC1)Cc1nc2cc(OC)c(OC)cc2c(=O)[nH]1. The van der Waals surface area contributed by atoms with Crippen LogP contribution in [0.3, 0.4) is 0 Å². The summed E-state index contributed by atoms with van der Waals surface area (Å²) in [4.78, 5) is 34.1. The Labute approximate surface area is 164 Å². The third-order valence-corrected chi connectivity index (χ3v) is 5.17. The number of fused-ring (bicyclic) bond motifs is 1. The number of methoxy groups -OCH3 is 2. The van der Waals surface area contributed by atoms with Gasteiger partial charge in [0.2, 0.25) is 5.91 Å². The highest BCUT2D eigenvalue weighted by Crippen LogP contribution is 2.32. The van der Waals surface area contributed by atoms with E-state index in [0.717, 1.165) is 0 Å². The number of hydrogen-bond donors (Lipinski definition) is 2. The van der Waals surface area contributed by atoms with E-state index in [1.807, 2.05) is 11.8 Å². The summed E-state index contributed by atoms with van der Waals surface area (Å²) in [5.41, 5.74) is 0.281. The maximum absolute atomic E-state index is 12.5. The highest BCUT2D eigenvalue weighted by atomic mass is 16.5. The summed E-state index contributed by atoms with van der Waals surface area (Å²) >= 11 is 0. The van der Waals surface area contributed by atoms with Gasteiger partial charge in [-0.25, -0.2) is 4.98 Å². The molecule has 28 heavy (non-hydrogen) atoms. The molecule has 0 unspecified atom stereocenters. The number of benzene rings is 1. The first-order valence-corrected chi connectivity index (χ1v) is 9.61. The van der Waals surface area contributed by atoms with Crippen molar-refractivity contribution in [3.63, 3.8) is 0 Å². The second-order valence-corrected chi connectivity index (χ2v) is 7.23. The number of H-pyrrole nitrogens is 1. The standard InChI is InChI=1S/C20H28N4O4/c1-5-24(11-19(25)21-12(2)13-6-7-13)10-18-22-15-9-17(28-4)16(27-3)8-14(15)20(26)23-18/h8-9,12-13H,5-7,10-11H2,1-4H3,(H,21,25)(H,22,23,26)/t12-/m1/s1. The van der Waals surface area contributed by atoms with Crippen molar-refractivity contribution in [3.05, 3.63) is 28.3 Å². The summed E-state index contributed by atoms with van der Waals surface area (Å²) in [6, 6.07) is 3.52. The smallest absolute Gasteiger partial charge is 0.258 e. The van der Waals surface area contributed by atoms with Crippen LogP contribution < -0.4 is 20.3 Å². The average molecular weight is 388 g/mol. The van der Waals surface area contributed by atoms with Gasteiger partial charge in [0, 0.05) is 12.1 Å². The van der Waals surface area contributed by atoms with E-state index in [1.165, 1.54) is 27.1 Å². The van der Waals surface area contributed by atoms with Gasteiger partial charge in [-0.3, -0.25) is 14.5 Å². The van der Waals surface area contributed by atoms with E-state index in [1.54, 1.807) is 12.1 Å². The van der Waals surface area contributed by atoms with Crippen LogP contribution in [0.15, 0.2) is 16.9 Å². The molecule has 1 aromatic heterocycles. The van der Waals surface area contributed by atoms with Crippen LogP contribution in [0.4, 0.5) is 0 Å². The summed E-state index contributed by atoms with van der Waals surface area (Å²) < 4.78 is 10.5. The van der Waals surface area contributed by atoms with Crippen LogP contribution in [0.25, 0.3) is 10.9 Å². The zero-order valence-corrected chi connectivity index (χ0v) is 16.9. The molecule has 1 aliphatic carbocycles. The lowest BCUT2D eigenvalue weighted by Crippen LogP contribution is -2.41. The summed E-state index contributed by atoms with van der Waals surface area (Å²) in [5, 5.41) is 3.49. The number of nitrogens with zero attached hydrogens (tertiary/aromatic N) is 2. The van der Waals surface area contributed by atoms with E-state index in [0.29, 0.717) is 47.2 Å². The molecule has 0 spiro atoms. The quantitative estimate of drug-likeness (QED) is 0.678. The third-order valence-electron chi connectivity index (χ3n) is 5.17. The fraction of sp³-hybridized carbons (Fsp3) is 0.550.